The largest absolute Gasteiger partial charge is 0.439 e. The van der Waals surface area contributed by atoms with Crippen molar-refractivity contribution >= 4 is 27.3 Å². The Balaban J connectivity index is 1.48. The third kappa shape index (κ3) is 5.47. The number of nitrogens with zero attached hydrogens (tertiary/aromatic N) is 1. The first-order chi connectivity index (χ1) is 15.8. The molecule has 1 atom stereocenters. The van der Waals surface area contributed by atoms with Crippen molar-refractivity contribution in [2.24, 2.45) is 0 Å². The Bertz CT molecular complexity index is 1200. The number of hydrogen-bond acceptors (Lipinski definition) is 6. The summed E-state index contributed by atoms with van der Waals surface area (Å²) in [6.45, 7) is 4.92. The fraction of sp³-hybridized carbons (Fsp3) is 0.292. The Hall–Kier alpha value is -2.65. The SMILES string of the molecule is Cc1ccc(S(=O)(=O)c2ccc(C(=O)NCC(c3ccc(Cl)cc3)N3CCOCC3)o2)cc1. The highest BCUT2D eigenvalue weighted by atomic mass is 35.5. The van der Waals surface area contributed by atoms with E-state index in [0.29, 0.717) is 24.8 Å². The second kappa shape index (κ2) is 10.1. The molecule has 2 aromatic carbocycles. The van der Waals surface area contributed by atoms with Gasteiger partial charge in [0.05, 0.1) is 24.2 Å². The first-order valence-corrected chi connectivity index (χ1v) is 12.5. The van der Waals surface area contributed by atoms with Gasteiger partial charge in [0.25, 0.3) is 5.91 Å². The predicted octanol–water partition coefficient (Wildman–Crippen LogP) is 3.88. The van der Waals surface area contributed by atoms with Crippen molar-refractivity contribution in [3.63, 3.8) is 0 Å². The molecule has 7 nitrogen and oxygen atoms in total. The molecule has 1 aromatic heterocycles. The first kappa shape index (κ1) is 23.5. The number of furan rings is 1. The van der Waals surface area contributed by atoms with Crippen molar-refractivity contribution in [3.05, 3.63) is 82.6 Å². The third-order valence-corrected chi connectivity index (χ3v) is 7.49. The van der Waals surface area contributed by atoms with E-state index in [0.717, 1.165) is 24.2 Å². The fourth-order valence-corrected chi connectivity index (χ4v) is 5.03. The number of benzene rings is 2. The van der Waals surface area contributed by atoms with Crippen LogP contribution >= 0.6 is 11.6 Å². The zero-order chi connectivity index (χ0) is 23.4. The van der Waals surface area contributed by atoms with Crippen LogP contribution < -0.4 is 5.32 Å². The van der Waals surface area contributed by atoms with Gasteiger partial charge in [-0.25, -0.2) is 8.42 Å². The molecule has 1 amide bonds. The third-order valence-electron chi connectivity index (χ3n) is 5.60. The number of aryl methyl sites for hydroxylation is 1. The lowest BCUT2D eigenvalue weighted by atomic mass is 10.0. The number of rotatable bonds is 7. The van der Waals surface area contributed by atoms with E-state index in [2.05, 4.69) is 10.2 Å². The average molecular weight is 489 g/mol. The van der Waals surface area contributed by atoms with E-state index in [1.165, 1.54) is 24.3 Å². The molecular weight excluding hydrogens is 464 g/mol. The topological polar surface area (TPSA) is 88.9 Å². The summed E-state index contributed by atoms with van der Waals surface area (Å²) in [6.07, 6.45) is 0. The first-order valence-electron chi connectivity index (χ1n) is 10.6. The van der Waals surface area contributed by atoms with Crippen LogP contribution in [0, 0.1) is 6.92 Å². The average Bonchev–Trinajstić information content (AvgIpc) is 3.33. The minimum absolute atomic E-state index is 0.0579. The number of morpholine rings is 1. The van der Waals surface area contributed by atoms with E-state index < -0.39 is 15.7 Å². The van der Waals surface area contributed by atoms with Gasteiger partial charge in [0.15, 0.2) is 5.76 Å². The number of halogens is 1. The minimum atomic E-state index is -3.85. The van der Waals surface area contributed by atoms with Gasteiger partial charge in [-0.15, -0.1) is 0 Å². The Labute approximate surface area is 198 Å². The van der Waals surface area contributed by atoms with Crippen LogP contribution in [-0.4, -0.2) is 52.1 Å². The van der Waals surface area contributed by atoms with E-state index in [1.807, 2.05) is 31.2 Å². The Morgan fingerprint density at radius 3 is 2.36 bits per heavy atom. The highest BCUT2D eigenvalue weighted by Gasteiger charge is 2.26. The summed E-state index contributed by atoms with van der Waals surface area (Å²) in [5.41, 5.74) is 1.97. The van der Waals surface area contributed by atoms with Crippen LogP contribution in [0.1, 0.15) is 27.7 Å². The van der Waals surface area contributed by atoms with E-state index in [-0.39, 0.29) is 21.8 Å². The summed E-state index contributed by atoms with van der Waals surface area (Å²) >= 11 is 6.04. The molecule has 3 aromatic rings. The standard InChI is InChI=1S/C24H25ClN2O5S/c1-17-2-8-20(9-3-17)33(29,30)23-11-10-22(32-23)24(28)26-16-21(27-12-14-31-15-13-27)18-4-6-19(25)7-5-18/h2-11,21H,12-16H2,1H3,(H,26,28). The highest BCUT2D eigenvalue weighted by molar-refractivity contribution is 7.91. The summed E-state index contributed by atoms with van der Waals surface area (Å²) in [6, 6.07) is 16.6. The number of hydrogen-bond donors (Lipinski definition) is 1. The van der Waals surface area contributed by atoms with Gasteiger partial charge in [0.2, 0.25) is 14.9 Å². The van der Waals surface area contributed by atoms with E-state index in [1.54, 1.807) is 12.1 Å². The number of sulfone groups is 1. The molecule has 0 saturated carbocycles. The monoisotopic (exact) mass is 488 g/mol. The van der Waals surface area contributed by atoms with E-state index in [4.69, 9.17) is 20.8 Å². The molecule has 2 heterocycles. The normalized spacial score (nSPS) is 15.8. The molecule has 4 rings (SSSR count). The summed E-state index contributed by atoms with van der Waals surface area (Å²) in [4.78, 5) is 15.1. The smallest absolute Gasteiger partial charge is 0.287 e. The summed E-state index contributed by atoms with van der Waals surface area (Å²) < 4.78 is 36.5. The molecular formula is C24H25ClN2O5S. The van der Waals surface area contributed by atoms with Gasteiger partial charge in [-0.3, -0.25) is 9.69 Å². The summed E-state index contributed by atoms with van der Waals surface area (Å²) in [5, 5.41) is 3.25. The highest BCUT2D eigenvalue weighted by Crippen LogP contribution is 2.25. The van der Waals surface area contributed by atoms with Gasteiger partial charge >= 0.3 is 0 Å². The molecule has 0 radical (unpaired) electrons. The molecule has 0 bridgehead atoms. The van der Waals surface area contributed by atoms with Crippen LogP contribution in [-0.2, 0) is 14.6 Å². The maximum absolute atomic E-state index is 12.8. The lowest BCUT2D eigenvalue weighted by Crippen LogP contribution is -2.43. The number of carbonyl (C=O) groups is 1. The summed E-state index contributed by atoms with van der Waals surface area (Å²) in [7, 11) is -3.85. The molecule has 1 saturated heterocycles. The van der Waals surface area contributed by atoms with E-state index >= 15 is 0 Å². The van der Waals surface area contributed by atoms with Crippen LogP contribution in [0.2, 0.25) is 5.02 Å². The Morgan fingerprint density at radius 2 is 1.70 bits per heavy atom. The van der Waals surface area contributed by atoms with Gasteiger partial charge in [-0.2, -0.15) is 0 Å². The quantitative estimate of drug-likeness (QED) is 0.543. The van der Waals surface area contributed by atoms with Crippen LogP contribution in [0.3, 0.4) is 0 Å². The van der Waals surface area contributed by atoms with Gasteiger partial charge < -0.3 is 14.5 Å². The van der Waals surface area contributed by atoms with Crippen molar-refractivity contribution in [1.82, 2.24) is 10.2 Å². The van der Waals surface area contributed by atoms with Gasteiger partial charge in [-0.05, 0) is 48.9 Å². The van der Waals surface area contributed by atoms with Crippen LogP contribution in [0.25, 0.3) is 0 Å². The zero-order valence-electron chi connectivity index (χ0n) is 18.2. The summed E-state index contributed by atoms with van der Waals surface area (Å²) in [5.74, 6) is -0.537. The van der Waals surface area contributed by atoms with Crippen molar-refractivity contribution in [1.29, 1.82) is 0 Å². The maximum Gasteiger partial charge on any atom is 0.287 e. The number of nitrogens with one attached hydrogen (secondary N) is 1. The second-order valence-corrected chi connectivity index (χ2v) is 10.2. The van der Waals surface area contributed by atoms with E-state index in [9.17, 15) is 13.2 Å². The fourth-order valence-electron chi connectivity index (χ4n) is 3.73. The maximum atomic E-state index is 12.8. The molecule has 0 aliphatic carbocycles. The van der Waals surface area contributed by atoms with Crippen molar-refractivity contribution in [2.75, 3.05) is 32.8 Å². The van der Waals surface area contributed by atoms with Gasteiger partial charge in [0.1, 0.15) is 0 Å². The van der Waals surface area contributed by atoms with Crippen LogP contribution in [0.15, 0.2) is 75.1 Å². The van der Waals surface area contributed by atoms with Crippen molar-refractivity contribution in [2.45, 2.75) is 23.0 Å². The zero-order valence-corrected chi connectivity index (χ0v) is 19.7. The lowest BCUT2D eigenvalue weighted by molar-refractivity contribution is 0.0161. The lowest BCUT2D eigenvalue weighted by Gasteiger charge is -2.34. The van der Waals surface area contributed by atoms with Gasteiger partial charge in [0, 0.05) is 24.7 Å². The predicted molar refractivity (Wildman–Crippen MR) is 124 cm³/mol. The molecule has 174 valence electrons. The van der Waals surface area contributed by atoms with Gasteiger partial charge in [-0.1, -0.05) is 41.4 Å². The Morgan fingerprint density at radius 1 is 1.03 bits per heavy atom. The number of amides is 1. The second-order valence-electron chi connectivity index (χ2n) is 7.86. The minimum Gasteiger partial charge on any atom is -0.439 e. The Kier molecular flexibility index (Phi) is 7.19. The molecule has 1 unspecified atom stereocenters. The van der Waals surface area contributed by atoms with Crippen molar-refractivity contribution in [3.8, 4) is 0 Å². The van der Waals surface area contributed by atoms with Crippen LogP contribution in [0.5, 0.6) is 0 Å². The molecule has 1 N–H and O–H groups in total. The number of carbonyl (C=O) groups excluding carboxylic acids is 1. The van der Waals surface area contributed by atoms with Crippen LogP contribution in [0.4, 0.5) is 0 Å². The molecule has 1 fully saturated rings. The molecule has 0 spiro atoms. The molecule has 9 heteroatoms. The number of ether oxygens (including phenoxy) is 1. The van der Waals surface area contributed by atoms with Crippen molar-refractivity contribution < 1.29 is 22.4 Å². The molecule has 1 aliphatic heterocycles. The molecule has 1 aliphatic rings. The molecule has 33 heavy (non-hydrogen) atoms.